The molecule has 0 fully saturated rings. The van der Waals surface area contributed by atoms with Gasteiger partial charge in [0, 0.05) is 12.8 Å². The highest BCUT2D eigenvalue weighted by Gasteiger charge is 2.24. The molecule has 0 aromatic heterocycles. The van der Waals surface area contributed by atoms with Gasteiger partial charge >= 0.3 is 0 Å². The average Bonchev–Trinajstić information content (AvgIpc) is 1.84. The third kappa shape index (κ3) is 4.37. The molecule has 0 aliphatic heterocycles. The Labute approximate surface area is 55.3 Å². The first-order chi connectivity index (χ1) is 4.12. The van der Waals surface area contributed by atoms with Gasteiger partial charge in [0.15, 0.2) is 0 Å². The quantitative estimate of drug-likeness (QED) is 0.555. The zero-order valence-electron chi connectivity index (χ0n) is 5.79. The first-order valence-corrected chi connectivity index (χ1v) is 3.29. The van der Waals surface area contributed by atoms with Gasteiger partial charge in [-0.1, -0.05) is 13.3 Å². The molecule has 0 aliphatic rings. The minimum absolute atomic E-state index is 0.00694. The summed E-state index contributed by atoms with van der Waals surface area (Å²) in [5.74, 6) is -2.52. The van der Waals surface area contributed by atoms with Crippen LogP contribution in [-0.4, -0.2) is 5.92 Å². The molecule has 0 aliphatic carbocycles. The Hall–Kier alpha value is -0.140. The molecule has 0 aromatic rings. The van der Waals surface area contributed by atoms with E-state index in [4.69, 9.17) is 0 Å². The number of hydrogen-bond donors (Lipinski definition) is 0. The van der Waals surface area contributed by atoms with Crippen LogP contribution in [0, 0.1) is 6.92 Å². The Kier molecular flexibility index (Phi) is 3.75. The molecule has 0 N–H and O–H groups in total. The fraction of sp³-hybridized carbons (Fsp3) is 0.857. The van der Waals surface area contributed by atoms with Crippen molar-refractivity contribution in [1.82, 2.24) is 0 Å². The Balaban J connectivity index is 3.33. The summed E-state index contributed by atoms with van der Waals surface area (Å²) in [6, 6.07) is 0. The molecule has 0 amide bonds. The van der Waals surface area contributed by atoms with Gasteiger partial charge in [0.05, 0.1) is 0 Å². The molecular weight excluding hydrogens is 122 g/mol. The van der Waals surface area contributed by atoms with Gasteiger partial charge in [0.2, 0.25) is 5.92 Å². The van der Waals surface area contributed by atoms with Crippen LogP contribution in [0.5, 0.6) is 0 Å². The Morgan fingerprint density at radius 3 is 2.33 bits per heavy atom. The fourth-order valence-corrected chi connectivity index (χ4v) is 0.560. The normalized spacial score (nSPS) is 12.0. The van der Waals surface area contributed by atoms with Crippen LogP contribution in [0.2, 0.25) is 0 Å². The molecule has 0 spiro atoms. The molecule has 0 saturated heterocycles. The molecule has 0 rings (SSSR count). The van der Waals surface area contributed by atoms with E-state index in [-0.39, 0.29) is 12.8 Å². The van der Waals surface area contributed by atoms with E-state index in [2.05, 4.69) is 6.92 Å². The van der Waals surface area contributed by atoms with E-state index in [1.165, 1.54) is 0 Å². The van der Waals surface area contributed by atoms with Crippen molar-refractivity contribution in [2.45, 2.75) is 38.5 Å². The topological polar surface area (TPSA) is 0 Å². The molecule has 9 heavy (non-hydrogen) atoms. The lowest BCUT2D eigenvalue weighted by Gasteiger charge is -2.11. The maximum Gasteiger partial charge on any atom is 0.248 e. The van der Waals surface area contributed by atoms with Gasteiger partial charge in [-0.2, -0.15) is 0 Å². The predicted octanol–water partition coefficient (Wildman–Crippen LogP) is 3.04. The number of unbranched alkanes of at least 4 members (excludes halogenated alkanes) is 1. The van der Waals surface area contributed by atoms with Crippen LogP contribution in [0.4, 0.5) is 8.78 Å². The van der Waals surface area contributed by atoms with Crippen molar-refractivity contribution in [3.8, 4) is 0 Å². The number of hydrogen-bond acceptors (Lipinski definition) is 0. The summed E-state index contributed by atoms with van der Waals surface area (Å²) >= 11 is 0. The summed E-state index contributed by atoms with van der Waals surface area (Å²) in [4.78, 5) is 0. The van der Waals surface area contributed by atoms with Gasteiger partial charge in [0.25, 0.3) is 0 Å². The summed E-state index contributed by atoms with van der Waals surface area (Å²) in [5.41, 5.74) is 0. The van der Waals surface area contributed by atoms with Crippen molar-refractivity contribution in [1.29, 1.82) is 0 Å². The highest BCUT2D eigenvalue weighted by Crippen LogP contribution is 2.23. The Bertz CT molecular complexity index is 69.3. The lowest BCUT2D eigenvalue weighted by atomic mass is 10.1. The lowest BCUT2D eigenvalue weighted by Crippen LogP contribution is -2.13. The van der Waals surface area contributed by atoms with Gasteiger partial charge in [-0.15, -0.1) is 0 Å². The molecular formula is C7H13F2. The van der Waals surface area contributed by atoms with Gasteiger partial charge in [-0.25, -0.2) is 8.78 Å². The maximum absolute atomic E-state index is 12.3. The summed E-state index contributed by atoms with van der Waals surface area (Å²) < 4.78 is 24.6. The maximum atomic E-state index is 12.3. The first kappa shape index (κ1) is 8.86. The standard InChI is InChI=1S/C7H13F2/c1-3-5-6-7(8,9)4-2/h2-6H2,1H3. The summed E-state index contributed by atoms with van der Waals surface area (Å²) in [6.45, 7) is 5.06. The van der Waals surface area contributed by atoms with Crippen molar-refractivity contribution in [2.24, 2.45) is 0 Å². The van der Waals surface area contributed by atoms with E-state index in [1.54, 1.807) is 0 Å². The summed E-state index contributed by atoms with van der Waals surface area (Å²) in [5, 5.41) is 0. The second-order valence-corrected chi connectivity index (χ2v) is 2.21. The van der Waals surface area contributed by atoms with E-state index >= 15 is 0 Å². The van der Waals surface area contributed by atoms with Crippen molar-refractivity contribution in [3.05, 3.63) is 6.92 Å². The largest absolute Gasteiger partial charge is 0.248 e. The number of halogens is 2. The van der Waals surface area contributed by atoms with Crippen molar-refractivity contribution in [3.63, 3.8) is 0 Å². The van der Waals surface area contributed by atoms with Gasteiger partial charge in [0.1, 0.15) is 0 Å². The van der Waals surface area contributed by atoms with Crippen molar-refractivity contribution < 1.29 is 8.78 Å². The second kappa shape index (κ2) is 3.80. The minimum atomic E-state index is -2.52. The van der Waals surface area contributed by atoms with E-state index in [1.807, 2.05) is 6.92 Å². The van der Waals surface area contributed by atoms with Gasteiger partial charge < -0.3 is 0 Å². The molecule has 1 radical (unpaired) electrons. The molecule has 55 valence electrons. The molecule has 0 bridgehead atoms. The van der Waals surface area contributed by atoms with Crippen LogP contribution in [0.1, 0.15) is 32.6 Å². The van der Waals surface area contributed by atoms with Crippen LogP contribution in [-0.2, 0) is 0 Å². The number of rotatable bonds is 4. The second-order valence-electron chi connectivity index (χ2n) is 2.21. The van der Waals surface area contributed by atoms with E-state index in [9.17, 15) is 8.78 Å². The summed E-state index contributed by atoms with van der Waals surface area (Å²) in [7, 11) is 0. The van der Waals surface area contributed by atoms with Crippen molar-refractivity contribution in [2.75, 3.05) is 0 Å². The summed E-state index contributed by atoms with van der Waals surface area (Å²) in [6.07, 6.45) is 1.15. The molecule has 0 saturated carbocycles. The molecule has 0 unspecified atom stereocenters. The minimum Gasteiger partial charge on any atom is -0.207 e. The van der Waals surface area contributed by atoms with E-state index < -0.39 is 5.92 Å². The zero-order valence-corrected chi connectivity index (χ0v) is 5.79. The van der Waals surface area contributed by atoms with Gasteiger partial charge in [-0.3, -0.25) is 0 Å². The predicted molar refractivity (Wildman–Crippen MR) is 34.4 cm³/mol. The third-order valence-electron chi connectivity index (χ3n) is 1.26. The molecule has 0 nitrogen and oxygen atoms in total. The van der Waals surface area contributed by atoms with E-state index in [0.29, 0.717) is 6.42 Å². The zero-order chi connectivity index (χ0) is 7.33. The van der Waals surface area contributed by atoms with E-state index in [0.717, 1.165) is 6.42 Å². The smallest absolute Gasteiger partial charge is 0.207 e. The fourth-order valence-electron chi connectivity index (χ4n) is 0.560. The van der Waals surface area contributed by atoms with Crippen LogP contribution in [0.3, 0.4) is 0 Å². The van der Waals surface area contributed by atoms with Crippen LogP contribution in [0.25, 0.3) is 0 Å². The molecule has 2 heteroatoms. The van der Waals surface area contributed by atoms with Crippen LogP contribution >= 0.6 is 0 Å². The van der Waals surface area contributed by atoms with Crippen molar-refractivity contribution >= 4 is 0 Å². The molecule has 0 aromatic carbocycles. The Morgan fingerprint density at radius 1 is 1.44 bits per heavy atom. The van der Waals surface area contributed by atoms with Gasteiger partial charge in [-0.05, 0) is 13.3 Å². The lowest BCUT2D eigenvalue weighted by molar-refractivity contribution is -0.00710. The first-order valence-electron chi connectivity index (χ1n) is 3.29. The Morgan fingerprint density at radius 2 is 2.00 bits per heavy atom. The third-order valence-corrected chi connectivity index (χ3v) is 1.26. The average molecular weight is 135 g/mol. The SMILES string of the molecule is [CH2]CC(F)(F)CCCC. The molecule has 0 heterocycles. The monoisotopic (exact) mass is 135 g/mol. The van der Waals surface area contributed by atoms with Crippen LogP contribution < -0.4 is 0 Å². The highest BCUT2D eigenvalue weighted by molar-refractivity contribution is 4.66. The highest BCUT2D eigenvalue weighted by atomic mass is 19.3. The van der Waals surface area contributed by atoms with Crippen LogP contribution in [0.15, 0.2) is 0 Å². The number of alkyl halides is 2. The molecule has 0 atom stereocenters.